The molecule has 2 aromatic carbocycles. The van der Waals surface area contributed by atoms with Gasteiger partial charge in [0.05, 0.1) is 12.7 Å². The topological polar surface area (TPSA) is 76.1 Å². The molecule has 132 valence electrons. The van der Waals surface area contributed by atoms with E-state index in [4.69, 9.17) is 0 Å². The molecule has 0 aliphatic rings. The number of nitrogens with one attached hydrogen (secondary N) is 2. The van der Waals surface area contributed by atoms with Crippen molar-refractivity contribution in [2.75, 3.05) is 17.7 Å². The van der Waals surface area contributed by atoms with Gasteiger partial charge in [0, 0.05) is 11.8 Å². The lowest BCUT2D eigenvalue weighted by Gasteiger charge is -2.10. The second-order valence-corrected chi connectivity index (χ2v) is 5.21. The summed E-state index contributed by atoms with van der Waals surface area (Å²) in [4.78, 5) is 19.6. The van der Waals surface area contributed by atoms with Crippen LogP contribution in [-0.2, 0) is 4.74 Å². The predicted octanol–water partition coefficient (Wildman–Crippen LogP) is 4.03. The maximum absolute atomic E-state index is 13.7. The lowest BCUT2D eigenvalue weighted by atomic mass is 10.2. The van der Waals surface area contributed by atoms with Crippen molar-refractivity contribution in [1.82, 2.24) is 9.97 Å². The minimum atomic E-state index is -0.732. The number of esters is 1. The van der Waals surface area contributed by atoms with Crippen LogP contribution in [0.5, 0.6) is 0 Å². The smallest absolute Gasteiger partial charge is 0.337 e. The highest BCUT2D eigenvalue weighted by Crippen LogP contribution is 2.24. The molecule has 3 aromatic rings. The Morgan fingerprint density at radius 1 is 0.962 bits per heavy atom. The minimum absolute atomic E-state index is 0.204. The van der Waals surface area contributed by atoms with Crippen molar-refractivity contribution in [2.24, 2.45) is 0 Å². The van der Waals surface area contributed by atoms with Crippen LogP contribution in [-0.4, -0.2) is 23.0 Å². The van der Waals surface area contributed by atoms with Gasteiger partial charge in [-0.25, -0.2) is 23.5 Å². The highest BCUT2D eigenvalue weighted by molar-refractivity contribution is 5.90. The summed E-state index contributed by atoms with van der Waals surface area (Å²) in [6.45, 7) is 0. The number of hydrogen-bond acceptors (Lipinski definition) is 6. The molecule has 3 rings (SSSR count). The van der Waals surface area contributed by atoms with Crippen molar-refractivity contribution in [3.63, 3.8) is 0 Å². The molecular formula is C18H14F2N4O2. The van der Waals surface area contributed by atoms with E-state index < -0.39 is 17.6 Å². The van der Waals surface area contributed by atoms with Crippen LogP contribution in [0.4, 0.5) is 31.8 Å². The number of nitrogens with zero attached hydrogens (tertiary/aromatic N) is 2. The molecule has 0 spiro atoms. The van der Waals surface area contributed by atoms with Crippen LogP contribution in [0.1, 0.15) is 10.4 Å². The molecule has 1 heterocycles. The van der Waals surface area contributed by atoms with Gasteiger partial charge in [-0.3, -0.25) is 0 Å². The van der Waals surface area contributed by atoms with Gasteiger partial charge in [0.2, 0.25) is 0 Å². The third-order valence-electron chi connectivity index (χ3n) is 3.44. The van der Waals surface area contributed by atoms with Crippen LogP contribution in [0.25, 0.3) is 0 Å². The molecule has 1 aromatic heterocycles. The first-order chi connectivity index (χ1) is 12.6. The van der Waals surface area contributed by atoms with E-state index in [9.17, 15) is 13.6 Å². The highest BCUT2D eigenvalue weighted by Gasteiger charge is 2.10. The molecule has 6 nitrogen and oxygen atoms in total. The quantitative estimate of drug-likeness (QED) is 0.672. The SMILES string of the molecule is COC(=O)c1cccc(Nc2cc(Nc3c(F)cccc3F)ncn2)c1. The highest BCUT2D eigenvalue weighted by atomic mass is 19.1. The molecule has 0 saturated heterocycles. The number of aromatic nitrogens is 2. The van der Waals surface area contributed by atoms with E-state index in [-0.39, 0.29) is 11.5 Å². The van der Waals surface area contributed by atoms with E-state index in [1.165, 1.54) is 25.6 Å². The maximum atomic E-state index is 13.7. The number of para-hydroxylation sites is 1. The van der Waals surface area contributed by atoms with Crippen LogP contribution in [0.2, 0.25) is 0 Å². The van der Waals surface area contributed by atoms with Gasteiger partial charge >= 0.3 is 5.97 Å². The summed E-state index contributed by atoms with van der Waals surface area (Å²) in [6.07, 6.45) is 1.24. The van der Waals surface area contributed by atoms with E-state index >= 15 is 0 Å². The van der Waals surface area contributed by atoms with Crippen molar-refractivity contribution in [1.29, 1.82) is 0 Å². The lowest BCUT2D eigenvalue weighted by Crippen LogP contribution is -2.03. The maximum Gasteiger partial charge on any atom is 0.337 e. The number of methoxy groups -OCH3 is 1. The van der Waals surface area contributed by atoms with E-state index in [2.05, 4.69) is 25.3 Å². The number of ether oxygens (including phenoxy) is 1. The van der Waals surface area contributed by atoms with E-state index in [1.807, 2.05) is 0 Å². The normalized spacial score (nSPS) is 10.3. The number of carbonyl (C=O) groups is 1. The fraction of sp³-hybridized carbons (Fsp3) is 0.0556. The first kappa shape index (κ1) is 17.3. The van der Waals surface area contributed by atoms with Crippen molar-refractivity contribution in [3.8, 4) is 0 Å². The molecule has 0 fully saturated rings. The van der Waals surface area contributed by atoms with Crippen molar-refractivity contribution in [2.45, 2.75) is 0 Å². The summed E-state index contributed by atoms with van der Waals surface area (Å²) in [6, 6.07) is 11.7. The van der Waals surface area contributed by atoms with Crippen LogP contribution < -0.4 is 10.6 Å². The second kappa shape index (κ2) is 7.56. The molecule has 8 heteroatoms. The zero-order valence-electron chi connectivity index (χ0n) is 13.7. The average Bonchev–Trinajstić information content (AvgIpc) is 2.65. The van der Waals surface area contributed by atoms with E-state index in [1.54, 1.807) is 24.3 Å². The number of carbonyl (C=O) groups excluding carboxylic acids is 1. The standard InChI is InChI=1S/C18H14F2N4O2/c1-26-18(25)11-4-2-5-12(8-11)23-15-9-16(22-10-21-15)24-17-13(19)6-3-7-14(17)20/h2-10H,1H3,(H2,21,22,23,24). The molecule has 0 amide bonds. The predicted molar refractivity (Wildman–Crippen MR) is 92.7 cm³/mol. The number of benzene rings is 2. The van der Waals surface area contributed by atoms with Gasteiger partial charge in [0.1, 0.15) is 35.3 Å². The second-order valence-electron chi connectivity index (χ2n) is 5.21. The third kappa shape index (κ3) is 3.92. The van der Waals surface area contributed by atoms with Crippen LogP contribution >= 0.6 is 0 Å². The van der Waals surface area contributed by atoms with Crippen LogP contribution in [0, 0.1) is 11.6 Å². The van der Waals surface area contributed by atoms with Gasteiger partial charge in [0.15, 0.2) is 0 Å². The number of rotatable bonds is 5. The van der Waals surface area contributed by atoms with Crippen molar-refractivity contribution >= 4 is 29.0 Å². The van der Waals surface area contributed by atoms with Crippen molar-refractivity contribution in [3.05, 3.63) is 72.1 Å². The Kier molecular flexibility index (Phi) is 5.02. The zero-order chi connectivity index (χ0) is 18.5. The fourth-order valence-electron chi connectivity index (χ4n) is 2.23. The van der Waals surface area contributed by atoms with E-state index in [0.717, 1.165) is 12.1 Å². The summed E-state index contributed by atoms with van der Waals surface area (Å²) < 4.78 is 32.1. The van der Waals surface area contributed by atoms with Gasteiger partial charge in [0.25, 0.3) is 0 Å². The molecular weight excluding hydrogens is 342 g/mol. The Labute approximate surface area is 147 Å². The molecule has 26 heavy (non-hydrogen) atoms. The summed E-state index contributed by atoms with van der Waals surface area (Å²) >= 11 is 0. The summed E-state index contributed by atoms with van der Waals surface area (Å²) in [5, 5.41) is 5.58. The Morgan fingerprint density at radius 2 is 1.62 bits per heavy atom. The first-order valence-corrected chi connectivity index (χ1v) is 7.55. The first-order valence-electron chi connectivity index (χ1n) is 7.55. The molecule has 0 saturated carbocycles. The van der Waals surface area contributed by atoms with Gasteiger partial charge in [-0.05, 0) is 30.3 Å². The molecule has 2 N–H and O–H groups in total. The van der Waals surface area contributed by atoms with Gasteiger partial charge in [-0.1, -0.05) is 12.1 Å². The van der Waals surface area contributed by atoms with Crippen LogP contribution in [0.15, 0.2) is 54.9 Å². The Balaban J connectivity index is 1.81. The largest absolute Gasteiger partial charge is 0.465 e. The van der Waals surface area contributed by atoms with Crippen molar-refractivity contribution < 1.29 is 18.3 Å². The Morgan fingerprint density at radius 3 is 2.31 bits per heavy atom. The molecule has 0 radical (unpaired) electrons. The third-order valence-corrected chi connectivity index (χ3v) is 3.44. The lowest BCUT2D eigenvalue weighted by molar-refractivity contribution is 0.0601. The molecule has 0 bridgehead atoms. The summed E-state index contributed by atoms with van der Waals surface area (Å²) in [5.74, 6) is -1.35. The minimum Gasteiger partial charge on any atom is -0.465 e. The Hall–Kier alpha value is -3.55. The number of anilines is 4. The summed E-state index contributed by atoms with van der Waals surface area (Å²) in [5.41, 5.74) is 0.665. The van der Waals surface area contributed by atoms with Gasteiger partial charge in [-0.2, -0.15) is 0 Å². The molecule has 0 unspecified atom stereocenters. The summed E-state index contributed by atoms with van der Waals surface area (Å²) in [7, 11) is 1.30. The zero-order valence-corrected chi connectivity index (χ0v) is 13.7. The van der Waals surface area contributed by atoms with Gasteiger partial charge < -0.3 is 15.4 Å². The molecule has 0 aliphatic carbocycles. The monoisotopic (exact) mass is 356 g/mol. The molecule has 0 atom stereocenters. The van der Waals surface area contributed by atoms with E-state index in [0.29, 0.717) is 17.1 Å². The fourth-order valence-corrected chi connectivity index (χ4v) is 2.23. The Bertz CT molecular complexity index is 930. The number of hydrogen-bond donors (Lipinski definition) is 2. The average molecular weight is 356 g/mol. The van der Waals surface area contributed by atoms with Crippen LogP contribution in [0.3, 0.4) is 0 Å². The molecule has 0 aliphatic heterocycles. The van der Waals surface area contributed by atoms with Gasteiger partial charge in [-0.15, -0.1) is 0 Å². The number of halogens is 2.